The summed E-state index contributed by atoms with van der Waals surface area (Å²) in [6, 6.07) is 10.9. The molecule has 1 aromatic carbocycles. The molecule has 17 heavy (non-hydrogen) atoms. The van der Waals surface area contributed by atoms with Crippen LogP contribution in [-0.4, -0.2) is 0 Å². The molecule has 0 N–H and O–H groups in total. The first kappa shape index (κ1) is 12.8. The van der Waals surface area contributed by atoms with Crippen LogP contribution < -0.4 is 0 Å². The molecule has 2 rings (SSSR count). The van der Waals surface area contributed by atoms with Crippen molar-refractivity contribution in [3.05, 3.63) is 56.8 Å². The number of thiophene rings is 1. The summed E-state index contributed by atoms with van der Waals surface area (Å²) in [6.45, 7) is 6.56. The fraction of sp³-hybridized carbons (Fsp3) is 0.333. The second-order valence-electron chi connectivity index (χ2n) is 4.50. The molecule has 0 amide bonds. The third-order valence-electron chi connectivity index (χ3n) is 3.02. The van der Waals surface area contributed by atoms with Gasteiger partial charge in [0.15, 0.2) is 0 Å². The first-order valence-corrected chi connectivity index (χ1v) is 7.56. The van der Waals surface area contributed by atoms with Crippen molar-refractivity contribution in [3.63, 3.8) is 0 Å². The average molecular weight is 309 g/mol. The van der Waals surface area contributed by atoms with Crippen molar-refractivity contribution in [2.45, 2.75) is 32.0 Å². The normalized spacial score (nSPS) is 12.7. The molecule has 1 atom stereocenters. The SMILES string of the molecule is Cc1cc(C)c(C(Br)Cc2ccccc2C)s1. The van der Waals surface area contributed by atoms with E-state index in [4.69, 9.17) is 0 Å². The molecular formula is C15H17BrS. The van der Waals surface area contributed by atoms with Crippen molar-refractivity contribution < 1.29 is 0 Å². The molecule has 0 saturated heterocycles. The van der Waals surface area contributed by atoms with Gasteiger partial charge in [-0.25, -0.2) is 0 Å². The fourth-order valence-electron chi connectivity index (χ4n) is 2.10. The van der Waals surface area contributed by atoms with Crippen molar-refractivity contribution in [1.29, 1.82) is 0 Å². The smallest absolute Gasteiger partial charge is 0.0532 e. The third-order valence-corrected chi connectivity index (χ3v) is 5.38. The lowest BCUT2D eigenvalue weighted by atomic mass is 10.0. The van der Waals surface area contributed by atoms with Crippen LogP contribution in [0.1, 0.15) is 31.3 Å². The van der Waals surface area contributed by atoms with Crippen LogP contribution >= 0.6 is 27.3 Å². The summed E-state index contributed by atoms with van der Waals surface area (Å²) in [5.41, 5.74) is 4.21. The molecule has 0 spiro atoms. The van der Waals surface area contributed by atoms with Crippen LogP contribution in [0.15, 0.2) is 30.3 Å². The predicted octanol–water partition coefficient (Wildman–Crippen LogP) is 5.35. The van der Waals surface area contributed by atoms with E-state index < -0.39 is 0 Å². The molecule has 0 aliphatic heterocycles. The Bertz CT molecular complexity index is 513. The quantitative estimate of drug-likeness (QED) is 0.670. The Hall–Kier alpha value is -0.600. The molecule has 0 nitrogen and oxygen atoms in total. The van der Waals surface area contributed by atoms with Crippen LogP contribution in [0.2, 0.25) is 0 Å². The maximum absolute atomic E-state index is 3.83. The second-order valence-corrected chi connectivity index (χ2v) is 6.90. The topological polar surface area (TPSA) is 0 Å². The molecule has 0 radical (unpaired) electrons. The van der Waals surface area contributed by atoms with Gasteiger partial charge in [0, 0.05) is 9.75 Å². The Balaban J connectivity index is 2.20. The molecule has 2 heteroatoms. The lowest BCUT2D eigenvalue weighted by Crippen LogP contribution is -1.96. The zero-order chi connectivity index (χ0) is 12.4. The highest BCUT2D eigenvalue weighted by Gasteiger charge is 2.14. The van der Waals surface area contributed by atoms with Gasteiger partial charge < -0.3 is 0 Å². The lowest BCUT2D eigenvalue weighted by Gasteiger charge is -2.11. The second kappa shape index (κ2) is 5.36. The Morgan fingerprint density at radius 2 is 1.82 bits per heavy atom. The lowest BCUT2D eigenvalue weighted by molar-refractivity contribution is 0.950. The minimum absolute atomic E-state index is 0.433. The highest BCUT2D eigenvalue weighted by atomic mass is 79.9. The van der Waals surface area contributed by atoms with Crippen molar-refractivity contribution >= 4 is 27.3 Å². The molecule has 0 saturated carbocycles. The first-order valence-electron chi connectivity index (χ1n) is 5.83. The van der Waals surface area contributed by atoms with E-state index in [1.807, 2.05) is 11.3 Å². The van der Waals surface area contributed by atoms with Crippen molar-refractivity contribution in [3.8, 4) is 0 Å². The Kier molecular flexibility index (Phi) is 4.05. The zero-order valence-corrected chi connectivity index (χ0v) is 12.9. The van der Waals surface area contributed by atoms with E-state index in [0.29, 0.717) is 4.83 Å². The fourth-order valence-corrected chi connectivity index (χ4v) is 4.10. The number of rotatable bonds is 3. The summed E-state index contributed by atoms with van der Waals surface area (Å²) < 4.78 is 0. The summed E-state index contributed by atoms with van der Waals surface area (Å²) in [6.07, 6.45) is 1.06. The number of hydrogen-bond donors (Lipinski definition) is 0. The summed E-state index contributed by atoms with van der Waals surface area (Å²) in [5.74, 6) is 0. The molecule has 0 bridgehead atoms. The number of halogens is 1. The molecule has 0 aliphatic rings. The molecule has 1 heterocycles. The number of hydrogen-bond acceptors (Lipinski definition) is 1. The van der Waals surface area contributed by atoms with Crippen molar-refractivity contribution in [1.82, 2.24) is 0 Å². The maximum Gasteiger partial charge on any atom is 0.0532 e. The largest absolute Gasteiger partial charge is 0.144 e. The van der Waals surface area contributed by atoms with Crippen LogP contribution in [-0.2, 0) is 6.42 Å². The summed E-state index contributed by atoms with van der Waals surface area (Å²) in [4.78, 5) is 3.29. The van der Waals surface area contributed by atoms with E-state index in [2.05, 4.69) is 67.0 Å². The van der Waals surface area contributed by atoms with E-state index >= 15 is 0 Å². The highest BCUT2D eigenvalue weighted by molar-refractivity contribution is 9.09. The van der Waals surface area contributed by atoms with Crippen LogP contribution in [0.4, 0.5) is 0 Å². The predicted molar refractivity (Wildman–Crippen MR) is 80.3 cm³/mol. The summed E-state index contributed by atoms with van der Waals surface area (Å²) >= 11 is 5.73. The van der Waals surface area contributed by atoms with Gasteiger partial charge in [0.1, 0.15) is 0 Å². The number of aryl methyl sites for hydroxylation is 3. The molecule has 0 aliphatic carbocycles. The Morgan fingerprint density at radius 3 is 2.41 bits per heavy atom. The minimum atomic E-state index is 0.433. The maximum atomic E-state index is 3.83. The van der Waals surface area contributed by atoms with E-state index in [9.17, 15) is 0 Å². The highest BCUT2D eigenvalue weighted by Crippen LogP contribution is 2.35. The van der Waals surface area contributed by atoms with Gasteiger partial charge >= 0.3 is 0 Å². The van der Waals surface area contributed by atoms with E-state index in [1.54, 1.807) is 0 Å². The number of alkyl halides is 1. The van der Waals surface area contributed by atoms with E-state index in [-0.39, 0.29) is 0 Å². The summed E-state index contributed by atoms with van der Waals surface area (Å²) in [7, 11) is 0. The number of benzene rings is 1. The van der Waals surface area contributed by atoms with Gasteiger partial charge in [0.2, 0.25) is 0 Å². The van der Waals surface area contributed by atoms with Crippen LogP contribution in [0, 0.1) is 20.8 Å². The Labute approximate surface area is 116 Å². The van der Waals surface area contributed by atoms with Crippen molar-refractivity contribution in [2.24, 2.45) is 0 Å². The van der Waals surface area contributed by atoms with Gasteiger partial charge in [-0.2, -0.15) is 0 Å². The average Bonchev–Trinajstić information content (AvgIpc) is 2.61. The van der Waals surface area contributed by atoms with Gasteiger partial charge in [-0.05, 0) is 49.9 Å². The van der Waals surface area contributed by atoms with Gasteiger partial charge in [-0.1, -0.05) is 40.2 Å². The van der Waals surface area contributed by atoms with Crippen LogP contribution in [0.3, 0.4) is 0 Å². The molecular weight excluding hydrogens is 292 g/mol. The molecule has 90 valence electrons. The summed E-state index contributed by atoms with van der Waals surface area (Å²) in [5, 5.41) is 0. The van der Waals surface area contributed by atoms with E-state index in [0.717, 1.165) is 6.42 Å². The standard InChI is InChI=1S/C15H17BrS/c1-10-6-4-5-7-13(10)9-14(16)15-11(2)8-12(3)17-15/h4-8,14H,9H2,1-3H3. The zero-order valence-electron chi connectivity index (χ0n) is 10.5. The third kappa shape index (κ3) is 2.99. The molecule has 2 aromatic rings. The van der Waals surface area contributed by atoms with E-state index in [1.165, 1.54) is 26.4 Å². The minimum Gasteiger partial charge on any atom is -0.144 e. The van der Waals surface area contributed by atoms with Gasteiger partial charge in [-0.3, -0.25) is 0 Å². The molecule has 1 aromatic heterocycles. The van der Waals surface area contributed by atoms with Gasteiger partial charge in [-0.15, -0.1) is 11.3 Å². The van der Waals surface area contributed by atoms with Gasteiger partial charge in [0.05, 0.1) is 4.83 Å². The molecule has 0 fully saturated rings. The van der Waals surface area contributed by atoms with Crippen LogP contribution in [0.25, 0.3) is 0 Å². The Morgan fingerprint density at radius 1 is 1.12 bits per heavy atom. The van der Waals surface area contributed by atoms with Gasteiger partial charge in [0.25, 0.3) is 0 Å². The molecule has 1 unspecified atom stereocenters. The monoisotopic (exact) mass is 308 g/mol. The van der Waals surface area contributed by atoms with Crippen LogP contribution in [0.5, 0.6) is 0 Å². The first-order chi connectivity index (χ1) is 8.08. The van der Waals surface area contributed by atoms with Crippen molar-refractivity contribution in [2.75, 3.05) is 0 Å².